The van der Waals surface area contributed by atoms with E-state index in [0.29, 0.717) is 13.1 Å². The zero-order valence-corrected chi connectivity index (χ0v) is 7.50. The largest absolute Gasteiger partial charge is 0.468 e. The van der Waals surface area contributed by atoms with E-state index in [-0.39, 0.29) is 0 Å². The summed E-state index contributed by atoms with van der Waals surface area (Å²) in [5.41, 5.74) is 0. The van der Waals surface area contributed by atoms with E-state index in [1.165, 1.54) is 32.4 Å². The number of rotatable bonds is 5. The van der Waals surface area contributed by atoms with Gasteiger partial charge in [0.1, 0.15) is 0 Å². The van der Waals surface area contributed by atoms with Crippen LogP contribution < -0.4 is 0 Å². The molecular formula is C9H17NO2. The Labute approximate surface area is 73.7 Å². The lowest BCUT2D eigenvalue weighted by molar-refractivity contribution is -0.128. The fraction of sp³-hybridized carbons (Fsp3) is 0.889. The Balaban J connectivity index is 1.94. The first-order valence-electron chi connectivity index (χ1n) is 4.71. The minimum absolute atomic E-state index is 0.524. The van der Waals surface area contributed by atoms with Crippen molar-refractivity contribution in [3.8, 4) is 0 Å². The molecule has 0 aromatic heterocycles. The second kappa shape index (κ2) is 6.00. The summed E-state index contributed by atoms with van der Waals surface area (Å²) >= 11 is 0. The van der Waals surface area contributed by atoms with Crippen LogP contribution in [-0.2, 0) is 9.53 Å². The van der Waals surface area contributed by atoms with Gasteiger partial charge in [-0.1, -0.05) is 6.42 Å². The average Bonchev–Trinajstić information content (AvgIpc) is 2.14. The van der Waals surface area contributed by atoms with E-state index in [1.54, 1.807) is 0 Å². The molecule has 0 atom stereocenters. The van der Waals surface area contributed by atoms with Gasteiger partial charge in [0.05, 0.1) is 6.61 Å². The van der Waals surface area contributed by atoms with Gasteiger partial charge in [-0.3, -0.25) is 4.79 Å². The van der Waals surface area contributed by atoms with E-state index in [1.807, 2.05) is 0 Å². The lowest BCUT2D eigenvalue weighted by Gasteiger charge is -2.25. The van der Waals surface area contributed by atoms with Crippen molar-refractivity contribution in [3.63, 3.8) is 0 Å². The summed E-state index contributed by atoms with van der Waals surface area (Å²) in [6.45, 7) is 4.62. The van der Waals surface area contributed by atoms with Crippen molar-refractivity contribution in [2.24, 2.45) is 0 Å². The van der Waals surface area contributed by atoms with Crippen LogP contribution in [0.5, 0.6) is 0 Å². The molecule has 0 saturated carbocycles. The molecule has 1 fully saturated rings. The van der Waals surface area contributed by atoms with Gasteiger partial charge in [0.25, 0.3) is 6.47 Å². The predicted octanol–water partition coefficient (Wildman–Crippen LogP) is 1.04. The van der Waals surface area contributed by atoms with Crippen LogP contribution in [0.1, 0.15) is 25.7 Å². The van der Waals surface area contributed by atoms with E-state index in [9.17, 15) is 4.79 Å². The van der Waals surface area contributed by atoms with Gasteiger partial charge < -0.3 is 9.64 Å². The van der Waals surface area contributed by atoms with E-state index < -0.39 is 0 Å². The number of nitrogens with zero attached hydrogens (tertiary/aromatic N) is 1. The quantitative estimate of drug-likeness (QED) is 0.457. The topological polar surface area (TPSA) is 29.5 Å². The molecule has 0 amide bonds. The van der Waals surface area contributed by atoms with Crippen molar-refractivity contribution in [1.29, 1.82) is 0 Å². The summed E-state index contributed by atoms with van der Waals surface area (Å²) in [7, 11) is 0. The van der Waals surface area contributed by atoms with Crippen molar-refractivity contribution in [3.05, 3.63) is 0 Å². The molecule has 0 N–H and O–H groups in total. The van der Waals surface area contributed by atoms with E-state index in [2.05, 4.69) is 9.64 Å². The van der Waals surface area contributed by atoms with Gasteiger partial charge >= 0.3 is 0 Å². The third kappa shape index (κ3) is 3.72. The van der Waals surface area contributed by atoms with Crippen LogP contribution in [0, 0.1) is 0 Å². The molecule has 0 aliphatic carbocycles. The minimum Gasteiger partial charge on any atom is -0.468 e. The summed E-state index contributed by atoms with van der Waals surface area (Å²) in [6.07, 6.45) is 5.00. The highest BCUT2D eigenvalue weighted by atomic mass is 16.5. The maximum atomic E-state index is 9.82. The van der Waals surface area contributed by atoms with Crippen molar-refractivity contribution in [2.45, 2.75) is 25.7 Å². The number of hydrogen-bond acceptors (Lipinski definition) is 3. The van der Waals surface area contributed by atoms with Crippen LogP contribution in [0.4, 0.5) is 0 Å². The standard InChI is InChI=1S/C9H17NO2/c11-9-12-8-4-7-10-5-2-1-3-6-10/h9H,1-8H2. The summed E-state index contributed by atoms with van der Waals surface area (Å²) < 4.78 is 4.62. The van der Waals surface area contributed by atoms with Crippen molar-refractivity contribution in [1.82, 2.24) is 4.90 Å². The highest BCUT2D eigenvalue weighted by Gasteiger charge is 2.08. The molecule has 0 aromatic rings. The van der Waals surface area contributed by atoms with Crippen LogP contribution in [0.2, 0.25) is 0 Å². The molecule has 1 aliphatic heterocycles. The summed E-state index contributed by atoms with van der Waals surface area (Å²) in [5.74, 6) is 0. The third-order valence-corrected chi connectivity index (χ3v) is 2.25. The summed E-state index contributed by atoms with van der Waals surface area (Å²) in [5, 5.41) is 0. The first-order valence-corrected chi connectivity index (χ1v) is 4.71. The first-order chi connectivity index (χ1) is 5.93. The van der Waals surface area contributed by atoms with Crippen LogP contribution in [0.3, 0.4) is 0 Å². The average molecular weight is 171 g/mol. The smallest absolute Gasteiger partial charge is 0.293 e. The van der Waals surface area contributed by atoms with E-state index >= 15 is 0 Å². The van der Waals surface area contributed by atoms with E-state index in [0.717, 1.165) is 13.0 Å². The fourth-order valence-electron chi connectivity index (χ4n) is 1.60. The number of carbonyl (C=O) groups excluding carboxylic acids is 1. The Kier molecular flexibility index (Phi) is 4.76. The van der Waals surface area contributed by atoms with E-state index in [4.69, 9.17) is 0 Å². The maximum absolute atomic E-state index is 9.82. The monoisotopic (exact) mass is 171 g/mol. The third-order valence-electron chi connectivity index (χ3n) is 2.25. The van der Waals surface area contributed by atoms with Gasteiger partial charge in [-0.15, -0.1) is 0 Å². The highest BCUT2D eigenvalue weighted by Crippen LogP contribution is 2.08. The van der Waals surface area contributed by atoms with Crippen LogP contribution in [0.25, 0.3) is 0 Å². The molecule has 3 nitrogen and oxygen atoms in total. The van der Waals surface area contributed by atoms with Crippen LogP contribution in [0.15, 0.2) is 0 Å². The van der Waals surface area contributed by atoms with Gasteiger partial charge in [0, 0.05) is 6.54 Å². The molecule has 0 aromatic carbocycles. The fourth-order valence-corrected chi connectivity index (χ4v) is 1.60. The zero-order valence-electron chi connectivity index (χ0n) is 7.50. The molecule has 0 spiro atoms. The Morgan fingerprint density at radius 1 is 1.25 bits per heavy atom. The Bertz CT molecular complexity index is 122. The molecule has 0 bridgehead atoms. The lowest BCUT2D eigenvalue weighted by Crippen LogP contribution is -2.31. The Morgan fingerprint density at radius 2 is 2.00 bits per heavy atom. The molecule has 0 radical (unpaired) electrons. The summed E-state index contributed by atoms with van der Waals surface area (Å²) in [4.78, 5) is 12.3. The molecule has 1 heterocycles. The summed E-state index contributed by atoms with van der Waals surface area (Å²) in [6, 6.07) is 0. The number of ether oxygens (including phenoxy) is 1. The maximum Gasteiger partial charge on any atom is 0.293 e. The number of hydrogen-bond donors (Lipinski definition) is 0. The number of piperidine rings is 1. The Morgan fingerprint density at radius 3 is 2.67 bits per heavy atom. The number of likely N-dealkylation sites (tertiary alicyclic amines) is 1. The van der Waals surface area contributed by atoms with Crippen LogP contribution in [-0.4, -0.2) is 37.6 Å². The van der Waals surface area contributed by atoms with Crippen molar-refractivity contribution >= 4 is 6.47 Å². The van der Waals surface area contributed by atoms with Crippen molar-refractivity contribution in [2.75, 3.05) is 26.2 Å². The SMILES string of the molecule is O=COCCCN1CCCCC1. The molecule has 3 heteroatoms. The molecular weight excluding hydrogens is 154 g/mol. The highest BCUT2D eigenvalue weighted by molar-refractivity contribution is 5.36. The normalized spacial score (nSPS) is 19.0. The van der Waals surface area contributed by atoms with Gasteiger partial charge in [0.15, 0.2) is 0 Å². The van der Waals surface area contributed by atoms with Gasteiger partial charge in [-0.05, 0) is 32.4 Å². The molecule has 12 heavy (non-hydrogen) atoms. The Hall–Kier alpha value is -0.570. The molecule has 1 rings (SSSR count). The van der Waals surface area contributed by atoms with Gasteiger partial charge in [0.2, 0.25) is 0 Å². The molecule has 1 aliphatic rings. The molecule has 0 unspecified atom stereocenters. The second-order valence-electron chi connectivity index (χ2n) is 3.22. The van der Waals surface area contributed by atoms with Crippen molar-refractivity contribution < 1.29 is 9.53 Å². The zero-order chi connectivity index (χ0) is 8.65. The first kappa shape index (κ1) is 9.52. The van der Waals surface area contributed by atoms with Crippen LogP contribution >= 0.6 is 0 Å². The predicted molar refractivity (Wildman–Crippen MR) is 46.9 cm³/mol. The van der Waals surface area contributed by atoms with Gasteiger partial charge in [-0.2, -0.15) is 0 Å². The lowest BCUT2D eigenvalue weighted by atomic mass is 10.1. The molecule has 70 valence electrons. The number of carbonyl (C=O) groups is 1. The molecule has 1 saturated heterocycles. The van der Waals surface area contributed by atoms with Gasteiger partial charge in [-0.25, -0.2) is 0 Å². The minimum atomic E-state index is 0.524. The second-order valence-corrected chi connectivity index (χ2v) is 3.22.